The summed E-state index contributed by atoms with van der Waals surface area (Å²) in [4.78, 5) is 12.7. The summed E-state index contributed by atoms with van der Waals surface area (Å²) >= 11 is 1.68. The van der Waals surface area contributed by atoms with Crippen molar-refractivity contribution in [2.24, 2.45) is 0 Å². The lowest BCUT2D eigenvalue weighted by Gasteiger charge is -2.37. The summed E-state index contributed by atoms with van der Waals surface area (Å²) in [6.45, 7) is 0.626. The Kier molecular flexibility index (Phi) is 4.27. The molecule has 1 aliphatic rings. The molecule has 0 amide bonds. The van der Waals surface area contributed by atoms with Crippen LogP contribution in [0, 0.1) is 17.1 Å². The van der Waals surface area contributed by atoms with Gasteiger partial charge in [0.1, 0.15) is 17.4 Å². The molecule has 100 valence electrons. The summed E-state index contributed by atoms with van der Waals surface area (Å²) in [5.41, 5.74) is 0.485. The Morgan fingerprint density at radius 2 is 2.42 bits per heavy atom. The molecule has 1 aromatic rings. The SMILES string of the molecule is N#Cc1c(F)cccc1N1CCSCC1CC(=O)O. The second-order valence-electron chi connectivity index (χ2n) is 4.27. The molecule has 0 saturated carbocycles. The molecule has 1 aromatic carbocycles. The number of halogens is 1. The molecule has 1 atom stereocenters. The molecule has 2 rings (SSSR count). The monoisotopic (exact) mass is 280 g/mol. The summed E-state index contributed by atoms with van der Waals surface area (Å²) in [7, 11) is 0. The van der Waals surface area contributed by atoms with Gasteiger partial charge in [-0.25, -0.2) is 4.39 Å². The number of carboxylic acid groups (broad SMARTS) is 1. The average molecular weight is 280 g/mol. The average Bonchev–Trinajstić information content (AvgIpc) is 2.38. The Bertz CT molecular complexity index is 530. The van der Waals surface area contributed by atoms with Crippen molar-refractivity contribution in [3.63, 3.8) is 0 Å². The number of aliphatic carboxylic acids is 1. The molecule has 0 bridgehead atoms. The van der Waals surface area contributed by atoms with Crippen LogP contribution in [0.25, 0.3) is 0 Å². The fourth-order valence-electron chi connectivity index (χ4n) is 2.21. The van der Waals surface area contributed by atoms with Gasteiger partial charge in [-0.3, -0.25) is 4.79 Å². The topological polar surface area (TPSA) is 64.3 Å². The maximum atomic E-state index is 13.6. The zero-order valence-corrected chi connectivity index (χ0v) is 11.0. The van der Waals surface area contributed by atoms with Crippen molar-refractivity contribution >= 4 is 23.4 Å². The van der Waals surface area contributed by atoms with Crippen LogP contribution in [0.4, 0.5) is 10.1 Å². The van der Waals surface area contributed by atoms with E-state index in [0.717, 1.165) is 5.75 Å². The number of nitrogens with zero attached hydrogens (tertiary/aromatic N) is 2. The predicted octanol–water partition coefficient (Wildman–Crippen LogP) is 2.09. The van der Waals surface area contributed by atoms with Crippen molar-refractivity contribution in [2.75, 3.05) is 23.0 Å². The van der Waals surface area contributed by atoms with Crippen LogP contribution in [-0.2, 0) is 4.79 Å². The van der Waals surface area contributed by atoms with Gasteiger partial charge in [0.2, 0.25) is 0 Å². The quantitative estimate of drug-likeness (QED) is 0.918. The molecule has 1 fully saturated rings. The van der Waals surface area contributed by atoms with Crippen molar-refractivity contribution in [2.45, 2.75) is 12.5 Å². The van der Waals surface area contributed by atoms with Crippen LogP contribution in [0.2, 0.25) is 0 Å². The molecular weight excluding hydrogens is 267 g/mol. The van der Waals surface area contributed by atoms with E-state index in [0.29, 0.717) is 18.0 Å². The van der Waals surface area contributed by atoms with Crippen LogP contribution in [0.1, 0.15) is 12.0 Å². The van der Waals surface area contributed by atoms with Gasteiger partial charge in [-0.2, -0.15) is 17.0 Å². The molecule has 1 aliphatic heterocycles. The van der Waals surface area contributed by atoms with Crippen molar-refractivity contribution < 1.29 is 14.3 Å². The minimum Gasteiger partial charge on any atom is -0.481 e. The van der Waals surface area contributed by atoms with E-state index in [1.165, 1.54) is 6.07 Å². The minimum atomic E-state index is -0.882. The predicted molar refractivity (Wildman–Crippen MR) is 71.8 cm³/mol. The first-order valence-corrected chi connectivity index (χ1v) is 7.03. The number of carboxylic acids is 1. The Morgan fingerprint density at radius 1 is 1.63 bits per heavy atom. The van der Waals surface area contributed by atoms with Gasteiger partial charge in [0, 0.05) is 24.1 Å². The number of carbonyl (C=O) groups is 1. The highest BCUT2D eigenvalue weighted by Gasteiger charge is 2.27. The molecule has 19 heavy (non-hydrogen) atoms. The number of nitriles is 1. The first kappa shape index (κ1) is 13.7. The van der Waals surface area contributed by atoms with Gasteiger partial charge in [0.25, 0.3) is 0 Å². The smallest absolute Gasteiger partial charge is 0.305 e. The molecule has 4 nitrogen and oxygen atoms in total. The van der Waals surface area contributed by atoms with Gasteiger partial charge < -0.3 is 10.0 Å². The summed E-state index contributed by atoms with van der Waals surface area (Å²) in [5, 5.41) is 18.0. The van der Waals surface area contributed by atoms with E-state index in [2.05, 4.69) is 0 Å². The van der Waals surface area contributed by atoms with Gasteiger partial charge in [0.05, 0.1) is 12.1 Å². The second kappa shape index (κ2) is 5.93. The minimum absolute atomic E-state index is 0.00557. The maximum absolute atomic E-state index is 13.6. The van der Waals surface area contributed by atoms with E-state index in [9.17, 15) is 9.18 Å². The van der Waals surface area contributed by atoms with E-state index >= 15 is 0 Å². The van der Waals surface area contributed by atoms with E-state index in [-0.39, 0.29) is 18.0 Å². The maximum Gasteiger partial charge on any atom is 0.305 e. The number of hydrogen-bond acceptors (Lipinski definition) is 4. The summed E-state index contributed by atoms with van der Waals surface area (Å²) in [6.07, 6.45) is -0.00557. The van der Waals surface area contributed by atoms with Crippen molar-refractivity contribution in [1.29, 1.82) is 5.26 Å². The van der Waals surface area contributed by atoms with Crippen molar-refractivity contribution in [3.8, 4) is 6.07 Å². The molecule has 0 radical (unpaired) electrons. The van der Waals surface area contributed by atoms with Crippen LogP contribution in [0.15, 0.2) is 18.2 Å². The third kappa shape index (κ3) is 2.99. The molecule has 1 heterocycles. The lowest BCUT2D eigenvalue weighted by Crippen LogP contribution is -2.44. The van der Waals surface area contributed by atoms with Crippen LogP contribution in [-0.4, -0.2) is 35.2 Å². The Labute approximate surface area is 114 Å². The molecule has 1 unspecified atom stereocenters. The van der Waals surface area contributed by atoms with Gasteiger partial charge in [0.15, 0.2) is 0 Å². The van der Waals surface area contributed by atoms with Crippen molar-refractivity contribution in [3.05, 3.63) is 29.6 Å². The number of hydrogen-bond donors (Lipinski definition) is 1. The molecule has 0 aromatic heterocycles. The molecule has 0 spiro atoms. The van der Waals surface area contributed by atoms with E-state index in [1.807, 2.05) is 11.0 Å². The first-order chi connectivity index (χ1) is 9.13. The second-order valence-corrected chi connectivity index (χ2v) is 5.42. The largest absolute Gasteiger partial charge is 0.481 e. The fraction of sp³-hybridized carbons (Fsp3) is 0.385. The van der Waals surface area contributed by atoms with Gasteiger partial charge >= 0.3 is 5.97 Å². The van der Waals surface area contributed by atoms with Gasteiger partial charge in [-0.1, -0.05) is 6.07 Å². The molecular formula is C13H13FN2O2S. The molecule has 0 aliphatic carbocycles. The summed E-state index contributed by atoms with van der Waals surface area (Å²) in [5.74, 6) is 0.0743. The third-order valence-corrected chi connectivity index (χ3v) is 4.14. The zero-order valence-electron chi connectivity index (χ0n) is 10.2. The highest BCUT2D eigenvalue weighted by molar-refractivity contribution is 7.99. The van der Waals surface area contributed by atoms with Gasteiger partial charge in [-0.15, -0.1) is 0 Å². The van der Waals surface area contributed by atoms with Crippen molar-refractivity contribution in [1.82, 2.24) is 0 Å². The highest BCUT2D eigenvalue weighted by Crippen LogP contribution is 2.29. The van der Waals surface area contributed by atoms with Crippen LogP contribution >= 0.6 is 11.8 Å². The Morgan fingerprint density at radius 3 is 3.11 bits per heavy atom. The number of benzene rings is 1. The lowest BCUT2D eigenvalue weighted by molar-refractivity contribution is -0.137. The molecule has 1 N–H and O–H groups in total. The van der Waals surface area contributed by atoms with E-state index in [4.69, 9.17) is 10.4 Å². The van der Waals surface area contributed by atoms with E-state index in [1.54, 1.807) is 23.9 Å². The third-order valence-electron chi connectivity index (χ3n) is 3.05. The number of rotatable bonds is 3. The van der Waals surface area contributed by atoms with Crippen LogP contribution < -0.4 is 4.90 Å². The van der Waals surface area contributed by atoms with E-state index < -0.39 is 11.8 Å². The number of thioether (sulfide) groups is 1. The Hall–Kier alpha value is -1.74. The number of anilines is 1. The zero-order chi connectivity index (χ0) is 13.8. The fourth-order valence-corrected chi connectivity index (χ4v) is 3.27. The summed E-state index contributed by atoms with van der Waals surface area (Å²) < 4.78 is 13.6. The Balaban J connectivity index is 2.35. The molecule has 1 saturated heterocycles. The van der Waals surface area contributed by atoms with Gasteiger partial charge in [-0.05, 0) is 12.1 Å². The lowest BCUT2D eigenvalue weighted by atomic mass is 10.1. The first-order valence-electron chi connectivity index (χ1n) is 5.88. The molecule has 6 heteroatoms. The normalized spacial score (nSPS) is 18.9. The van der Waals surface area contributed by atoms with Crippen LogP contribution in [0.3, 0.4) is 0 Å². The standard InChI is InChI=1S/C13H13FN2O2S/c14-11-2-1-3-12(10(11)7-15)16-4-5-19-8-9(16)6-13(17)18/h1-3,9H,4-6,8H2,(H,17,18). The van der Waals surface area contributed by atoms with Crippen LogP contribution in [0.5, 0.6) is 0 Å². The summed E-state index contributed by atoms with van der Waals surface area (Å²) in [6, 6.07) is 6.12. The highest BCUT2D eigenvalue weighted by atomic mass is 32.2.